The van der Waals surface area contributed by atoms with Crippen molar-refractivity contribution in [2.24, 2.45) is 5.92 Å². The quantitative estimate of drug-likeness (QED) is 0.767. The van der Waals surface area contributed by atoms with Crippen molar-refractivity contribution in [1.82, 2.24) is 14.7 Å². The van der Waals surface area contributed by atoms with Gasteiger partial charge in [0.1, 0.15) is 0 Å². The van der Waals surface area contributed by atoms with Crippen LogP contribution in [0.5, 0.6) is 0 Å². The van der Waals surface area contributed by atoms with Gasteiger partial charge in [-0.3, -0.25) is 9.69 Å². The van der Waals surface area contributed by atoms with E-state index in [-0.39, 0.29) is 0 Å². The highest BCUT2D eigenvalue weighted by Gasteiger charge is 2.28. The Morgan fingerprint density at radius 3 is 2.26 bits per heavy atom. The maximum atomic E-state index is 12.4. The molecule has 1 aliphatic carbocycles. The van der Waals surface area contributed by atoms with Crippen LogP contribution in [0.15, 0.2) is 0 Å². The molecule has 0 aromatic heterocycles. The lowest BCUT2D eigenvalue weighted by atomic mass is 9.88. The van der Waals surface area contributed by atoms with E-state index in [1.807, 2.05) is 0 Å². The number of amides is 1. The summed E-state index contributed by atoms with van der Waals surface area (Å²) in [5.41, 5.74) is 0. The van der Waals surface area contributed by atoms with E-state index in [0.717, 1.165) is 52.1 Å². The normalized spacial score (nSPS) is 23.0. The Morgan fingerprint density at radius 2 is 1.68 bits per heavy atom. The molecule has 1 saturated carbocycles. The van der Waals surface area contributed by atoms with Crippen LogP contribution in [-0.2, 0) is 4.79 Å². The minimum absolute atomic E-state index is 0.335. The number of hydrogen-bond donors (Lipinski definition) is 0. The van der Waals surface area contributed by atoms with Gasteiger partial charge < -0.3 is 9.80 Å². The van der Waals surface area contributed by atoms with Gasteiger partial charge >= 0.3 is 0 Å². The highest BCUT2D eigenvalue weighted by atomic mass is 16.2. The number of rotatable bonds is 4. The van der Waals surface area contributed by atoms with Crippen molar-refractivity contribution in [3.8, 4) is 0 Å². The molecule has 0 spiro atoms. The summed E-state index contributed by atoms with van der Waals surface area (Å²) in [5.74, 6) is 0.772. The molecule has 0 aromatic rings. The Balaban J connectivity index is 1.71. The molecule has 110 valence electrons. The lowest BCUT2D eigenvalue weighted by Crippen LogP contribution is -2.51. The smallest absolute Gasteiger partial charge is 0.225 e. The molecule has 0 bridgehead atoms. The fourth-order valence-electron chi connectivity index (χ4n) is 3.14. The van der Waals surface area contributed by atoms with Crippen LogP contribution >= 0.6 is 0 Å². The zero-order valence-corrected chi connectivity index (χ0v) is 12.6. The molecule has 2 rings (SSSR count). The third-order valence-electron chi connectivity index (χ3n) is 4.50. The van der Waals surface area contributed by atoms with Crippen LogP contribution < -0.4 is 0 Å². The SMILES string of the molecule is CN(C)CCN1CCN(C(=O)C2CCCCC2)CC1. The fraction of sp³-hybridized carbons (Fsp3) is 0.933. The van der Waals surface area contributed by atoms with Gasteiger partial charge in [0, 0.05) is 45.2 Å². The van der Waals surface area contributed by atoms with Crippen LogP contribution in [0.2, 0.25) is 0 Å². The first-order chi connectivity index (χ1) is 9.16. The van der Waals surface area contributed by atoms with Gasteiger partial charge in [0.25, 0.3) is 0 Å². The molecule has 4 nitrogen and oxygen atoms in total. The molecule has 0 aromatic carbocycles. The Morgan fingerprint density at radius 1 is 1.05 bits per heavy atom. The molecule has 1 saturated heterocycles. The van der Waals surface area contributed by atoms with Gasteiger partial charge in [0.15, 0.2) is 0 Å². The Bertz CT molecular complexity index is 279. The second-order valence-corrected chi connectivity index (χ2v) is 6.31. The number of piperazine rings is 1. The van der Waals surface area contributed by atoms with E-state index in [0.29, 0.717) is 11.8 Å². The van der Waals surface area contributed by atoms with Crippen molar-refractivity contribution >= 4 is 5.91 Å². The lowest BCUT2D eigenvalue weighted by molar-refractivity contribution is -0.138. The molecule has 0 N–H and O–H groups in total. The van der Waals surface area contributed by atoms with Crippen molar-refractivity contribution < 1.29 is 4.79 Å². The number of hydrogen-bond acceptors (Lipinski definition) is 3. The summed E-state index contributed by atoms with van der Waals surface area (Å²) < 4.78 is 0. The molecule has 0 radical (unpaired) electrons. The van der Waals surface area contributed by atoms with Crippen molar-refractivity contribution in [2.75, 3.05) is 53.4 Å². The first-order valence-corrected chi connectivity index (χ1v) is 7.82. The summed E-state index contributed by atoms with van der Waals surface area (Å²) in [4.78, 5) is 19.2. The second kappa shape index (κ2) is 7.25. The van der Waals surface area contributed by atoms with Gasteiger partial charge in [-0.1, -0.05) is 19.3 Å². The minimum atomic E-state index is 0.335. The van der Waals surface area contributed by atoms with Gasteiger partial charge in [-0.15, -0.1) is 0 Å². The van der Waals surface area contributed by atoms with Gasteiger partial charge in [-0.2, -0.15) is 0 Å². The van der Waals surface area contributed by atoms with E-state index in [2.05, 4.69) is 28.8 Å². The van der Waals surface area contributed by atoms with Gasteiger partial charge in [-0.25, -0.2) is 0 Å². The van der Waals surface area contributed by atoms with Gasteiger partial charge in [0.05, 0.1) is 0 Å². The third-order valence-corrected chi connectivity index (χ3v) is 4.50. The summed E-state index contributed by atoms with van der Waals surface area (Å²) in [6.45, 7) is 6.19. The standard InChI is InChI=1S/C15H29N3O/c1-16(2)8-9-17-10-12-18(13-11-17)15(19)14-6-4-3-5-7-14/h14H,3-13H2,1-2H3. The van der Waals surface area contributed by atoms with Gasteiger partial charge in [0.2, 0.25) is 5.91 Å². The lowest BCUT2D eigenvalue weighted by Gasteiger charge is -2.37. The second-order valence-electron chi connectivity index (χ2n) is 6.31. The molecule has 19 heavy (non-hydrogen) atoms. The highest BCUT2D eigenvalue weighted by Crippen LogP contribution is 2.25. The largest absolute Gasteiger partial charge is 0.340 e. The van der Waals surface area contributed by atoms with Crippen LogP contribution in [0.25, 0.3) is 0 Å². The molecule has 2 aliphatic rings. The molecule has 1 amide bonds. The molecule has 0 unspecified atom stereocenters. The van der Waals surface area contributed by atoms with Crippen molar-refractivity contribution in [3.05, 3.63) is 0 Å². The molecular weight excluding hydrogens is 238 g/mol. The predicted octanol–water partition coefficient (Wildman–Crippen LogP) is 1.27. The van der Waals surface area contributed by atoms with Crippen LogP contribution in [0.4, 0.5) is 0 Å². The van der Waals surface area contributed by atoms with Crippen LogP contribution in [-0.4, -0.2) is 74.0 Å². The average molecular weight is 267 g/mol. The van der Waals surface area contributed by atoms with Crippen LogP contribution in [0.1, 0.15) is 32.1 Å². The summed E-state index contributed by atoms with van der Waals surface area (Å²) in [6, 6.07) is 0. The highest BCUT2D eigenvalue weighted by molar-refractivity contribution is 5.79. The summed E-state index contributed by atoms with van der Waals surface area (Å²) in [7, 11) is 4.23. The Hall–Kier alpha value is -0.610. The third kappa shape index (κ3) is 4.46. The number of carbonyl (C=O) groups excluding carboxylic acids is 1. The summed E-state index contributed by atoms with van der Waals surface area (Å²) in [6.07, 6.45) is 6.07. The zero-order valence-electron chi connectivity index (χ0n) is 12.6. The maximum Gasteiger partial charge on any atom is 0.225 e. The molecule has 4 heteroatoms. The Kier molecular flexibility index (Phi) is 5.64. The van der Waals surface area contributed by atoms with E-state index in [1.165, 1.54) is 19.3 Å². The van der Waals surface area contributed by atoms with E-state index >= 15 is 0 Å². The summed E-state index contributed by atoms with van der Waals surface area (Å²) >= 11 is 0. The Labute approximate surface area is 117 Å². The van der Waals surface area contributed by atoms with E-state index in [9.17, 15) is 4.79 Å². The minimum Gasteiger partial charge on any atom is -0.340 e. The molecule has 1 aliphatic heterocycles. The zero-order chi connectivity index (χ0) is 13.7. The fourth-order valence-corrected chi connectivity index (χ4v) is 3.14. The van der Waals surface area contributed by atoms with Crippen molar-refractivity contribution in [1.29, 1.82) is 0 Å². The monoisotopic (exact) mass is 267 g/mol. The van der Waals surface area contributed by atoms with E-state index < -0.39 is 0 Å². The summed E-state index contributed by atoms with van der Waals surface area (Å²) in [5, 5.41) is 0. The molecular formula is C15H29N3O. The first kappa shape index (κ1) is 14.8. The van der Waals surface area contributed by atoms with E-state index in [4.69, 9.17) is 0 Å². The number of likely N-dealkylation sites (N-methyl/N-ethyl adjacent to an activating group) is 1. The topological polar surface area (TPSA) is 26.8 Å². The number of carbonyl (C=O) groups is 1. The first-order valence-electron chi connectivity index (χ1n) is 7.82. The predicted molar refractivity (Wildman–Crippen MR) is 78.1 cm³/mol. The van der Waals surface area contributed by atoms with Crippen LogP contribution in [0.3, 0.4) is 0 Å². The average Bonchev–Trinajstić information content (AvgIpc) is 2.46. The molecule has 2 fully saturated rings. The van der Waals surface area contributed by atoms with Gasteiger partial charge in [-0.05, 0) is 26.9 Å². The number of nitrogens with zero attached hydrogens (tertiary/aromatic N) is 3. The van der Waals surface area contributed by atoms with Crippen molar-refractivity contribution in [2.45, 2.75) is 32.1 Å². The van der Waals surface area contributed by atoms with E-state index in [1.54, 1.807) is 0 Å². The maximum absolute atomic E-state index is 12.4. The molecule has 0 atom stereocenters. The van der Waals surface area contributed by atoms with Crippen molar-refractivity contribution in [3.63, 3.8) is 0 Å². The van der Waals surface area contributed by atoms with Crippen LogP contribution in [0, 0.1) is 5.92 Å². The molecule has 1 heterocycles.